The summed E-state index contributed by atoms with van der Waals surface area (Å²) in [6.07, 6.45) is 1.60. The van der Waals surface area contributed by atoms with Crippen LogP contribution in [0.15, 0.2) is 69.0 Å². The van der Waals surface area contributed by atoms with E-state index in [-0.39, 0.29) is 18.1 Å². The molecule has 1 heterocycles. The number of aryl methyl sites for hydroxylation is 1. The van der Waals surface area contributed by atoms with E-state index in [0.717, 1.165) is 13.6 Å². The molecule has 1 N–H and O–H groups in total. The standard InChI is InChI=1S/C30H30BrIN4O4/c1-6-39-25-14-19(13-23(32)27(25)40-17-26(37)34-21-10-7-18(2)8-11-21)16-33-36-28(38)22-15-20(31)9-12-24(22)35-29(36)30(3,4)5/h7-16H,6,17H2,1-5H3,(H,34,37). The number of rotatable bonds is 8. The Hall–Kier alpha value is -3.25. The zero-order valence-corrected chi connectivity index (χ0v) is 26.7. The van der Waals surface area contributed by atoms with Crippen LogP contribution in [0.4, 0.5) is 5.69 Å². The monoisotopic (exact) mass is 716 g/mol. The fourth-order valence-electron chi connectivity index (χ4n) is 3.90. The maximum Gasteiger partial charge on any atom is 0.282 e. The number of fused-ring (bicyclic) bond motifs is 1. The van der Waals surface area contributed by atoms with E-state index in [2.05, 4.69) is 48.9 Å². The summed E-state index contributed by atoms with van der Waals surface area (Å²) in [7, 11) is 0. The van der Waals surface area contributed by atoms with E-state index in [9.17, 15) is 9.59 Å². The highest BCUT2D eigenvalue weighted by atomic mass is 127. The van der Waals surface area contributed by atoms with Crippen LogP contribution in [0.25, 0.3) is 10.9 Å². The molecule has 0 fully saturated rings. The highest BCUT2D eigenvalue weighted by Gasteiger charge is 2.23. The first-order chi connectivity index (χ1) is 19.0. The SMILES string of the molecule is CCOc1cc(C=Nn2c(C(C)(C)C)nc3ccc(Br)cc3c2=O)cc(I)c1OCC(=O)Nc1ccc(C)cc1. The van der Waals surface area contributed by atoms with Gasteiger partial charge in [-0.15, -0.1) is 0 Å². The quantitative estimate of drug-likeness (QED) is 0.163. The van der Waals surface area contributed by atoms with Crippen LogP contribution in [0.2, 0.25) is 0 Å². The van der Waals surface area contributed by atoms with Crippen LogP contribution in [-0.2, 0) is 10.2 Å². The summed E-state index contributed by atoms with van der Waals surface area (Å²) in [5, 5.41) is 7.86. The van der Waals surface area contributed by atoms with Gasteiger partial charge in [0.05, 0.1) is 27.3 Å². The predicted molar refractivity (Wildman–Crippen MR) is 171 cm³/mol. The fourth-order valence-corrected chi connectivity index (χ4v) is 5.05. The first-order valence-corrected chi connectivity index (χ1v) is 14.6. The lowest BCUT2D eigenvalue weighted by Crippen LogP contribution is -2.29. The van der Waals surface area contributed by atoms with E-state index in [1.807, 2.05) is 77.1 Å². The molecule has 0 saturated carbocycles. The molecule has 4 aromatic rings. The molecule has 0 bridgehead atoms. The summed E-state index contributed by atoms with van der Waals surface area (Å²) >= 11 is 5.57. The highest BCUT2D eigenvalue weighted by Crippen LogP contribution is 2.34. The predicted octanol–water partition coefficient (Wildman–Crippen LogP) is 6.67. The third kappa shape index (κ3) is 7.08. The minimum absolute atomic E-state index is 0.181. The maximum atomic E-state index is 13.5. The van der Waals surface area contributed by atoms with Crippen molar-refractivity contribution in [2.45, 2.75) is 40.0 Å². The zero-order valence-electron chi connectivity index (χ0n) is 22.9. The summed E-state index contributed by atoms with van der Waals surface area (Å²) in [6.45, 7) is 10.0. The second-order valence-electron chi connectivity index (χ2n) is 10.2. The summed E-state index contributed by atoms with van der Waals surface area (Å²) in [5.74, 6) is 1.20. The van der Waals surface area contributed by atoms with Crippen LogP contribution < -0.4 is 20.3 Å². The minimum atomic E-state index is -0.431. The van der Waals surface area contributed by atoms with Crippen LogP contribution in [-0.4, -0.2) is 35.0 Å². The molecule has 1 aromatic heterocycles. The summed E-state index contributed by atoms with van der Waals surface area (Å²) < 4.78 is 14.6. The Labute approximate surface area is 255 Å². The molecule has 8 nitrogen and oxygen atoms in total. The molecule has 0 unspecified atom stereocenters. The average Bonchev–Trinajstić information content (AvgIpc) is 2.89. The van der Waals surface area contributed by atoms with Gasteiger partial charge in [0.15, 0.2) is 18.1 Å². The Morgan fingerprint density at radius 3 is 2.52 bits per heavy atom. The fraction of sp³-hybridized carbons (Fsp3) is 0.267. The molecule has 40 heavy (non-hydrogen) atoms. The van der Waals surface area contributed by atoms with E-state index in [1.54, 1.807) is 18.3 Å². The molecule has 0 atom stereocenters. The van der Waals surface area contributed by atoms with Crippen LogP contribution in [0.1, 0.15) is 44.6 Å². The Bertz CT molecular complexity index is 1640. The largest absolute Gasteiger partial charge is 0.490 e. The number of carbonyl (C=O) groups excluding carboxylic acids is 1. The molecule has 208 valence electrons. The third-order valence-electron chi connectivity index (χ3n) is 5.82. The van der Waals surface area contributed by atoms with Gasteiger partial charge in [0, 0.05) is 15.6 Å². The van der Waals surface area contributed by atoms with E-state index < -0.39 is 5.41 Å². The Morgan fingerprint density at radius 2 is 1.85 bits per heavy atom. The summed E-state index contributed by atoms with van der Waals surface area (Å²) in [5.41, 5.74) is 2.44. The number of hydrogen-bond donors (Lipinski definition) is 1. The van der Waals surface area contributed by atoms with Crippen LogP contribution >= 0.6 is 38.5 Å². The van der Waals surface area contributed by atoms with Gasteiger partial charge in [-0.3, -0.25) is 9.59 Å². The molecule has 0 aliphatic heterocycles. The van der Waals surface area contributed by atoms with Crippen molar-refractivity contribution in [1.82, 2.24) is 9.66 Å². The van der Waals surface area contributed by atoms with Crippen molar-refractivity contribution in [3.63, 3.8) is 0 Å². The van der Waals surface area contributed by atoms with Crippen molar-refractivity contribution >= 4 is 67.2 Å². The Balaban J connectivity index is 1.63. The highest BCUT2D eigenvalue weighted by molar-refractivity contribution is 14.1. The van der Waals surface area contributed by atoms with Gasteiger partial charge >= 0.3 is 0 Å². The summed E-state index contributed by atoms with van der Waals surface area (Å²) in [4.78, 5) is 30.7. The normalized spacial score (nSPS) is 11.7. The second kappa shape index (κ2) is 12.5. The Morgan fingerprint density at radius 1 is 1.12 bits per heavy atom. The van der Waals surface area contributed by atoms with E-state index in [4.69, 9.17) is 14.5 Å². The number of benzene rings is 3. The van der Waals surface area contributed by atoms with Crippen molar-refractivity contribution in [2.24, 2.45) is 5.10 Å². The van der Waals surface area contributed by atoms with Crippen LogP contribution in [0.3, 0.4) is 0 Å². The number of hydrogen-bond acceptors (Lipinski definition) is 6. The number of nitrogens with zero attached hydrogens (tertiary/aromatic N) is 3. The van der Waals surface area contributed by atoms with Gasteiger partial charge < -0.3 is 14.8 Å². The van der Waals surface area contributed by atoms with Crippen molar-refractivity contribution in [3.8, 4) is 11.5 Å². The average molecular weight is 717 g/mol. The number of anilines is 1. The molecule has 0 aliphatic carbocycles. The smallest absolute Gasteiger partial charge is 0.282 e. The van der Waals surface area contributed by atoms with Crippen LogP contribution in [0, 0.1) is 10.5 Å². The lowest BCUT2D eigenvalue weighted by atomic mass is 9.95. The lowest BCUT2D eigenvalue weighted by molar-refractivity contribution is -0.118. The molecular weight excluding hydrogens is 687 g/mol. The molecule has 10 heteroatoms. The topological polar surface area (TPSA) is 94.8 Å². The second-order valence-corrected chi connectivity index (χ2v) is 12.3. The van der Waals surface area contributed by atoms with Crippen molar-refractivity contribution in [1.29, 1.82) is 0 Å². The summed E-state index contributed by atoms with van der Waals surface area (Å²) in [6, 6.07) is 16.6. The van der Waals surface area contributed by atoms with E-state index >= 15 is 0 Å². The molecule has 3 aromatic carbocycles. The van der Waals surface area contributed by atoms with Gasteiger partial charge in [0.25, 0.3) is 11.5 Å². The minimum Gasteiger partial charge on any atom is -0.490 e. The van der Waals surface area contributed by atoms with Gasteiger partial charge in [-0.1, -0.05) is 54.4 Å². The molecule has 0 radical (unpaired) electrons. The van der Waals surface area contributed by atoms with Gasteiger partial charge in [0.1, 0.15) is 5.82 Å². The van der Waals surface area contributed by atoms with Gasteiger partial charge in [-0.2, -0.15) is 9.78 Å². The molecule has 0 spiro atoms. The van der Waals surface area contributed by atoms with Gasteiger partial charge in [0.2, 0.25) is 0 Å². The molecule has 4 rings (SSSR count). The van der Waals surface area contributed by atoms with E-state index in [0.29, 0.717) is 46.1 Å². The van der Waals surface area contributed by atoms with E-state index in [1.165, 1.54) is 4.68 Å². The zero-order chi connectivity index (χ0) is 29.0. The number of ether oxygens (including phenoxy) is 2. The van der Waals surface area contributed by atoms with Gasteiger partial charge in [-0.05, 0) is 84.5 Å². The maximum absolute atomic E-state index is 13.5. The number of nitrogens with one attached hydrogen (secondary N) is 1. The molecule has 0 aliphatic rings. The number of carbonyl (C=O) groups is 1. The number of aromatic nitrogens is 2. The van der Waals surface area contributed by atoms with Crippen LogP contribution in [0.5, 0.6) is 11.5 Å². The van der Waals surface area contributed by atoms with Gasteiger partial charge in [-0.25, -0.2) is 4.98 Å². The molecular formula is C30H30BrIN4O4. The Kier molecular flexibility index (Phi) is 9.29. The van der Waals surface area contributed by atoms with Crippen molar-refractivity contribution in [3.05, 3.63) is 89.9 Å². The first kappa shape index (κ1) is 29.7. The van der Waals surface area contributed by atoms with Crippen molar-refractivity contribution in [2.75, 3.05) is 18.5 Å². The third-order valence-corrected chi connectivity index (χ3v) is 7.11. The lowest BCUT2D eigenvalue weighted by Gasteiger charge is -2.21. The molecule has 0 saturated heterocycles. The van der Waals surface area contributed by atoms with Crippen molar-refractivity contribution < 1.29 is 14.3 Å². The molecule has 1 amide bonds. The number of halogens is 2. The first-order valence-electron chi connectivity index (χ1n) is 12.7. The number of amides is 1.